The first-order valence-electron chi connectivity index (χ1n) is 14.2. The molecule has 0 saturated carbocycles. The summed E-state index contributed by atoms with van der Waals surface area (Å²) in [6, 6.07) is 18.0. The van der Waals surface area contributed by atoms with Gasteiger partial charge in [0.15, 0.2) is 16.3 Å². The van der Waals surface area contributed by atoms with Gasteiger partial charge in [-0.15, -0.1) is 0 Å². The smallest absolute Gasteiger partial charge is 0.338 e. The van der Waals surface area contributed by atoms with E-state index in [1.807, 2.05) is 44.2 Å². The lowest BCUT2D eigenvalue weighted by molar-refractivity contribution is -0.139. The normalized spacial score (nSPS) is 14.7. The second kappa shape index (κ2) is 13.3. The van der Waals surface area contributed by atoms with Crippen molar-refractivity contribution in [3.05, 3.63) is 120 Å². The van der Waals surface area contributed by atoms with E-state index in [4.69, 9.17) is 18.9 Å². The molecule has 10 heteroatoms. The number of para-hydroxylation sites is 1. The molecule has 1 aliphatic rings. The molecule has 1 atom stereocenters. The van der Waals surface area contributed by atoms with Crippen molar-refractivity contribution in [3.8, 4) is 17.2 Å². The van der Waals surface area contributed by atoms with Crippen LogP contribution in [0.2, 0.25) is 0 Å². The molecule has 8 nitrogen and oxygen atoms in total. The van der Waals surface area contributed by atoms with Crippen molar-refractivity contribution in [3.63, 3.8) is 0 Å². The lowest BCUT2D eigenvalue weighted by Crippen LogP contribution is -2.40. The molecule has 0 amide bonds. The molecule has 0 N–H and O–H groups in total. The first-order chi connectivity index (χ1) is 21.2. The maximum Gasteiger partial charge on any atom is 0.338 e. The van der Waals surface area contributed by atoms with E-state index in [2.05, 4.69) is 4.99 Å². The Hall–Kier alpha value is -4.70. The minimum atomic E-state index is -0.806. The summed E-state index contributed by atoms with van der Waals surface area (Å²) >= 11 is 1.22. The summed E-state index contributed by atoms with van der Waals surface area (Å²) in [5, 5.41) is 0. The van der Waals surface area contributed by atoms with Crippen molar-refractivity contribution < 1.29 is 28.1 Å². The third kappa shape index (κ3) is 6.45. The minimum absolute atomic E-state index is 0.0767. The van der Waals surface area contributed by atoms with E-state index < -0.39 is 12.0 Å². The number of aromatic nitrogens is 1. The number of esters is 1. The molecule has 1 aromatic heterocycles. The summed E-state index contributed by atoms with van der Waals surface area (Å²) < 4.78 is 38.2. The minimum Gasteiger partial charge on any atom is -0.493 e. The van der Waals surface area contributed by atoms with Gasteiger partial charge in [-0.1, -0.05) is 47.7 Å². The summed E-state index contributed by atoms with van der Waals surface area (Å²) in [6.07, 6.45) is 1.68. The highest BCUT2D eigenvalue weighted by Gasteiger charge is 2.34. The molecule has 0 saturated heterocycles. The Bertz CT molecular complexity index is 1890. The summed E-state index contributed by atoms with van der Waals surface area (Å²) in [5.74, 6) is 0.724. The van der Waals surface area contributed by atoms with Gasteiger partial charge in [-0.2, -0.15) is 0 Å². The number of methoxy groups -OCH3 is 1. The quantitative estimate of drug-likeness (QED) is 0.225. The van der Waals surface area contributed by atoms with Gasteiger partial charge in [-0.25, -0.2) is 14.2 Å². The standard InChI is InChI=1S/C34H33FN2O6S/c1-6-41-33(39)30-21(4)36-34-37(31(30)24-13-16-27(43-20(2)3)28(17-24)40-5)32(38)29(44-34)18-23-9-7-8-10-26(23)42-19-22-11-14-25(35)15-12-22/h7-18,20,31H,6,19H2,1-5H3/b29-18-/t31-/m0/s1. The lowest BCUT2D eigenvalue weighted by atomic mass is 9.95. The highest BCUT2D eigenvalue weighted by molar-refractivity contribution is 7.07. The van der Waals surface area contributed by atoms with Crippen LogP contribution in [0.3, 0.4) is 0 Å². The molecule has 1 aliphatic heterocycles. The van der Waals surface area contributed by atoms with Crippen LogP contribution in [0.15, 0.2) is 87.8 Å². The maximum absolute atomic E-state index is 14.1. The van der Waals surface area contributed by atoms with Gasteiger partial charge in [0.1, 0.15) is 18.2 Å². The molecular formula is C34H33FN2O6S. The third-order valence-corrected chi connectivity index (χ3v) is 7.88. The zero-order valence-corrected chi connectivity index (χ0v) is 25.9. The van der Waals surface area contributed by atoms with Crippen LogP contribution in [-0.2, 0) is 16.1 Å². The van der Waals surface area contributed by atoms with Gasteiger partial charge in [0.05, 0.1) is 41.7 Å². The van der Waals surface area contributed by atoms with Gasteiger partial charge in [0, 0.05) is 5.56 Å². The fraction of sp³-hybridized carbons (Fsp3) is 0.265. The Morgan fingerprint density at radius 1 is 1.07 bits per heavy atom. The number of benzene rings is 3. The number of hydrogen-bond acceptors (Lipinski definition) is 8. The van der Waals surface area contributed by atoms with Crippen LogP contribution in [0.1, 0.15) is 50.4 Å². The molecule has 2 heterocycles. The van der Waals surface area contributed by atoms with E-state index >= 15 is 0 Å². The molecular weight excluding hydrogens is 583 g/mol. The first-order valence-corrected chi connectivity index (χ1v) is 15.0. The zero-order valence-electron chi connectivity index (χ0n) is 25.1. The number of thiazole rings is 1. The molecule has 0 bridgehead atoms. The summed E-state index contributed by atoms with van der Waals surface area (Å²) in [6.45, 7) is 7.71. The first kappa shape index (κ1) is 30.7. The molecule has 0 unspecified atom stereocenters. The second-order valence-corrected chi connectivity index (χ2v) is 11.3. The van der Waals surface area contributed by atoms with E-state index in [1.165, 1.54) is 28.0 Å². The van der Waals surface area contributed by atoms with Crippen LogP contribution in [0.5, 0.6) is 17.2 Å². The fourth-order valence-electron chi connectivity index (χ4n) is 4.93. The van der Waals surface area contributed by atoms with Crippen molar-refractivity contribution in [1.82, 2.24) is 4.57 Å². The van der Waals surface area contributed by atoms with Crippen LogP contribution in [-0.4, -0.2) is 30.4 Å². The van der Waals surface area contributed by atoms with Crippen molar-refractivity contribution in [1.29, 1.82) is 0 Å². The van der Waals surface area contributed by atoms with Gasteiger partial charge < -0.3 is 18.9 Å². The second-order valence-electron chi connectivity index (χ2n) is 10.3. The summed E-state index contributed by atoms with van der Waals surface area (Å²) in [4.78, 5) is 32.5. The Kier molecular flexibility index (Phi) is 9.29. The largest absolute Gasteiger partial charge is 0.493 e. The van der Waals surface area contributed by atoms with E-state index in [1.54, 1.807) is 51.3 Å². The number of carbonyl (C=O) groups excluding carboxylic acids is 1. The highest BCUT2D eigenvalue weighted by Crippen LogP contribution is 2.36. The van der Waals surface area contributed by atoms with Crippen molar-refractivity contribution >= 4 is 23.4 Å². The number of allylic oxidation sites excluding steroid dienone is 1. The number of rotatable bonds is 10. The zero-order chi connectivity index (χ0) is 31.4. The summed E-state index contributed by atoms with van der Waals surface area (Å²) in [7, 11) is 1.54. The van der Waals surface area contributed by atoms with Gasteiger partial charge in [0.25, 0.3) is 5.56 Å². The topological polar surface area (TPSA) is 88.4 Å². The number of nitrogens with zero attached hydrogens (tertiary/aromatic N) is 2. The van der Waals surface area contributed by atoms with Crippen molar-refractivity contribution in [2.24, 2.45) is 4.99 Å². The lowest BCUT2D eigenvalue weighted by Gasteiger charge is -2.25. The maximum atomic E-state index is 14.1. The van der Waals surface area contributed by atoms with Crippen LogP contribution in [0.4, 0.5) is 4.39 Å². The Morgan fingerprint density at radius 3 is 2.52 bits per heavy atom. The molecule has 4 aromatic rings. The van der Waals surface area contributed by atoms with Gasteiger partial charge in [-0.3, -0.25) is 9.36 Å². The predicted octanol–water partition coefficient (Wildman–Crippen LogP) is 5.31. The molecule has 0 radical (unpaired) electrons. The Morgan fingerprint density at radius 2 is 1.82 bits per heavy atom. The molecule has 228 valence electrons. The fourth-order valence-corrected chi connectivity index (χ4v) is 5.96. The Labute approximate surface area is 258 Å². The van der Waals surface area contributed by atoms with Crippen LogP contribution in [0, 0.1) is 5.82 Å². The van der Waals surface area contributed by atoms with Crippen LogP contribution >= 0.6 is 11.3 Å². The number of halogens is 1. The molecule has 3 aromatic carbocycles. The number of hydrogen-bond donors (Lipinski definition) is 0. The monoisotopic (exact) mass is 616 g/mol. The highest BCUT2D eigenvalue weighted by atomic mass is 32.1. The number of ether oxygens (including phenoxy) is 4. The van der Waals surface area contributed by atoms with E-state index in [0.29, 0.717) is 43.4 Å². The van der Waals surface area contributed by atoms with Crippen molar-refractivity contribution in [2.75, 3.05) is 13.7 Å². The van der Waals surface area contributed by atoms with E-state index in [0.717, 1.165) is 5.56 Å². The van der Waals surface area contributed by atoms with Crippen LogP contribution in [0.25, 0.3) is 6.08 Å². The van der Waals surface area contributed by atoms with Gasteiger partial charge >= 0.3 is 5.97 Å². The molecule has 0 fully saturated rings. The van der Waals surface area contributed by atoms with Gasteiger partial charge in [0.2, 0.25) is 0 Å². The molecule has 0 aliphatic carbocycles. The average Bonchev–Trinajstić information content (AvgIpc) is 3.30. The molecule has 5 rings (SSSR count). The third-order valence-electron chi connectivity index (χ3n) is 6.90. The predicted molar refractivity (Wildman–Crippen MR) is 166 cm³/mol. The molecule has 44 heavy (non-hydrogen) atoms. The SMILES string of the molecule is CCOC(=O)C1=C(C)N=c2s/c(=C\c3ccccc3OCc3ccc(F)cc3)c(=O)n2[C@H]1c1ccc(OC(C)C)c(OC)c1. The number of carbonyl (C=O) groups is 1. The average molecular weight is 617 g/mol. The Balaban J connectivity index is 1.61. The van der Waals surface area contributed by atoms with E-state index in [9.17, 15) is 14.0 Å². The number of fused-ring (bicyclic) bond motifs is 1. The van der Waals surface area contributed by atoms with Gasteiger partial charge in [-0.05, 0) is 75.2 Å². The van der Waals surface area contributed by atoms with Crippen molar-refractivity contribution in [2.45, 2.75) is 46.4 Å². The van der Waals surface area contributed by atoms with E-state index in [-0.39, 0.29) is 36.3 Å². The summed E-state index contributed by atoms with van der Waals surface area (Å²) in [5.41, 5.74) is 2.56. The molecule has 0 spiro atoms. The van der Waals surface area contributed by atoms with Crippen LogP contribution < -0.4 is 29.1 Å².